The molecule has 0 bridgehead atoms. The van der Waals surface area contributed by atoms with Gasteiger partial charge >= 0.3 is 0 Å². The fourth-order valence-corrected chi connectivity index (χ4v) is 5.20. The van der Waals surface area contributed by atoms with Crippen molar-refractivity contribution < 1.29 is 27.3 Å². The van der Waals surface area contributed by atoms with Gasteiger partial charge in [0, 0.05) is 26.1 Å². The fourth-order valence-electron chi connectivity index (χ4n) is 3.72. The monoisotopic (exact) mass is 427 g/mol. The van der Waals surface area contributed by atoms with Crippen LogP contribution in [0.1, 0.15) is 19.3 Å². The Labute approximate surface area is 170 Å². The molecule has 2 fully saturated rings. The van der Waals surface area contributed by atoms with E-state index in [4.69, 9.17) is 0 Å². The van der Waals surface area contributed by atoms with Gasteiger partial charge in [0.1, 0.15) is 5.82 Å². The maximum absolute atomic E-state index is 13.4. The minimum Gasteiger partial charge on any atom is -0.351 e. The Kier molecular flexibility index (Phi) is 7.20. The molecule has 8 nitrogen and oxygen atoms in total. The summed E-state index contributed by atoms with van der Waals surface area (Å²) in [6.45, 7) is 3.90. The summed E-state index contributed by atoms with van der Waals surface area (Å²) in [7, 11) is -3.72. The molecular weight excluding hydrogens is 399 g/mol. The Balaban J connectivity index is 1.38. The van der Waals surface area contributed by atoms with Gasteiger partial charge in [-0.05, 0) is 31.0 Å². The number of quaternary nitrogens is 1. The van der Waals surface area contributed by atoms with Crippen LogP contribution >= 0.6 is 0 Å². The van der Waals surface area contributed by atoms with E-state index in [-0.39, 0.29) is 23.3 Å². The molecule has 3 rings (SSSR count). The van der Waals surface area contributed by atoms with E-state index in [9.17, 15) is 22.4 Å². The summed E-state index contributed by atoms with van der Waals surface area (Å²) in [6.07, 6.45) is 2.26. The predicted octanol–water partition coefficient (Wildman–Crippen LogP) is -1.16. The number of nitrogens with zero attached hydrogens (tertiary/aromatic N) is 2. The van der Waals surface area contributed by atoms with Crippen LogP contribution in [0.5, 0.6) is 0 Å². The number of sulfonamides is 1. The maximum atomic E-state index is 13.4. The molecule has 29 heavy (non-hydrogen) atoms. The van der Waals surface area contributed by atoms with Gasteiger partial charge in [0.15, 0.2) is 6.54 Å². The number of hydrogen-bond acceptors (Lipinski definition) is 4. The zero-order valence-corrected chi connectivity index (χ0v) is 17.2. The van der Waals surface area contributed by atoms with Crippen LogP contribution in [0.4, 0.5) is 4.39 Å². The van der Waals surface area contributed by atoms with Crippen LogP contribution in [-0.4, -0.2) is 81.8 Å². The van der Waals surface area contributed by atoms with Crippen molar-refractivity contribution in [2.24, 2.45) is 0 Å². The number of nitrogens with one attached hydrogen (secondary N) is 2. The second-order valence-electron chi connectivity index (χ2n) is 7.48. The van der Waals surface area contributed by atoms with Gasteiger partial charge in [0.2, 0.25) is 15.9 Å². The van der Waals surface area contributed by atoms with Gasteiger partial charge < -0.3 is 15.1 Å². The maximum Gasteiger partial charge on any atom is 0.275 e. The van der Waals surface area contributed by atoms with Crippen LogP contribution in [0.15, 0.2) is 29.2 Å². The van der Waals surface area contributed by atoms with Gasteiger partial charge in [-0.3, -0.25) is 9.59 Å². The van der Waals surface area contributed by atoms with Crippen molar-refractivity contribution in [3.8, 4) is 0 Å². The molecule has 0 aliphatic carbocycles. The SMILES string of the molecule is O=C(C[NH+]1CCN(S(=O)(=O)c2cccc(F)c2)CC1)NCCCN1CCCC1=O. The van der Waals surface area contributed by atoms with Crippen LogP contribution < -0.4 is 10.2 Å². The van der Waals surface area contributed by atoms with Crippen molar-refractivity contribution in [3.63, 3.8) is 0 Å². The zero-order valence-electron chi connectivity index (χ0n) is 16.4. The highest BCUT2D eigenvalue weighted by molar-refractivity contribution is 7.89. The van der Waals surface area contributed by atoms with E-state index in [1.54, 1.807) is 0 Å². The third-order valence-electron chi connectivity index (χ3n) is 5.37. The summed E-state index contributed by atoms with van der Waals surface area (Å²) < 4.78 is 39.9. The van der Waals surface area contributed by atoms with E-state index in [0.717, 1.165) is 30.4 Å². The predicted molar refractivity (Wildman–Crippen MR) is 104 cm³/mol. The van der Waals surface area contributed by atoms with E-state index in [1.807, 2.05) is 4.90 Å². The number of piperazine rings is 1. The van der Waals surface area contributed by atoms with Gasteiger partial charge in [-0.1, -0.05) is 6.07 Å². The van der Waals surface area contributed by atoms with Crippen molar-refractivity contribution in [1.82, 2.24) is 14.5 Å². The molecule has 0 saturated carbocycles. The smallest absolute Gasteiger partial charge is 0.275 e. The molecule has 1 aromatic rings. The Morgan fingerprint density at radius 1 is 1.21 bits per heavy atom. The largest absolute Gasteiger partial charge is 0.351 e. The topological polar surface area (TPSA) is 91.2 Å². The number of amides is 2. The van der Waals surface area contributed by atoms with Gasteiger partial charge in [-0.25, -0.2) is 12.8 Å². The first-order valence-corrected chi connectivity index (χ1v) is 11.4. The molecule has 1 aromatic carbocycles. The first kappa shape index (κ1) is 21.7. The summed E-state index contributed by atoms with van der Waals surface area (Å²) in [5, 5.41) is 2.87. The molecule has 10 heteroatoms. The third kappa shape index (κ3) is 5.74. The van der Waals surface area contributed by atoms with Crippen molar-refractivity contribution in [2.75, 3.05) is 52.4 Å². The summed E-state index contributed by atoms with van der Waals surface area (Å²) in [5.74, 6) is -0.470. The fraction of sp³-hybridized carbons (Fsp3) is 0.579. The standard InChI is InChI=1S/C19H27FN4O4S/c20-16-4-1-5-17(14-16)29(27,28)24-12-10-22(11-13-24)15-18(25)21-7-3-9-23-8-2-6-19(23)26/h1,4-5,14H,2-3,6-13,15H2,(H,21,25)/p+1. The summed E-state index contributed by atoms with van der Waals surface area (Å²) >= 11 is 0. The third-order valence-corrected chi connectivity index (χ3v) is 7.27. The van der Waals surface area contributed by atoms with Crippen molar-refractivity contribution >= 4 is 21.8 Å². The van der Waals surface area contributed by atoms with E-state index < -0.39 is 15.8 Å². The number of hydrogen-bond donors (Lipinski definition) is 2. The lowest BCUT2D eigenvalue weighted by Gasteiger charge is -2.31. The van der Waals surface area contributed by atoms with E-state index >= 15 is 0 Å². The Bertz CT molecular complexity index is 840. The van der Waals surface area contributed by atoms with Crippen molar-refractivity contribution in [3.05, 3.63) is 30.1 Å². The molecule has 2 amide bonds. The van der Waals surface area contributed by atoms with E-state index in [1.165, 1.54) is 22.5 Å². The van der Waals surface area contributed by atoms with E-state index in [2.05, 4.69) is 5.32 Å². The van der Waals surface area contributed by atoms with Crippen LogP contribution in [0.3, 0.4) is 0 Å². The number of benzene rings is 1. The molecule has 0 unspecified atom stereocenters. The lowest BCUT2D eigenvalue weighted by Crippen LogP contribution is -3.15. The number of carbonyl (C=O) groups is 2. The second kappa shape index (κ2) is 9.64. The van der Waals surface area contributed by atoms with E-state index in [0.29, 0.717) is 45.7 Å². The van der Waals surface area contributed by atoms with Crippen LogP contribution in [-0.2, 0) is 19.6 Å². The highest BCUT2D eigenvalue weighted by Gasteiger charge is 2.31. The number of likely N-dealkylation sites (tertiary alicyclic amines) is 1. The van der Waals surface area contributed by atoms with Crippen LogP contribution in [0, 0.1) is 5.82 Å². The first-order chi connectivity index (χ1) is 13.9. The quantitative estimate of drug-likeness (QED) is 0.513. The molecule has 2 aliphatic rings. The second-order valence-corrected chi connectivity index (χ2v) is 9.41. The molecule has 2 saturated heterocycles. The lowest BCUT2D eigenvalue weighted by atomic mass is 10.3. The van der Waals surface area contributed by atoms with Gasteiger partial charge in [-0.15, -0.1) is 0 Å². The molecule has 2 heterocycles. The molecule has 160 valence electrons. The average Bonchev–Trinajstić information content (AvgIpc) is 3.10. The summed E-state index contributed by atoms with van der Waals surface area (Å²) in [5.41, 5.74) is 0. The normalized spacial score (nSPS) is 18.9. The van der Waals surface area contributed by atoms with Crippen molar-refractivity contribution in [2.45, 2.75) is 24.2 Å². The number of halogens is 1. The lowest BCUT2D eigenvalue weighted by molar-refractivity contribution is -0.895. The molecule has 2 aliphatic heterocycles. The van der Waals surface area contributed by atoms with Crippen LogP contribution in [0.2, 0.25) is 0 Å². The highest BCUT2D eigenvalue weighted by atomic mass is 32.2. The number of carbonyl (C=O) groups excluding carboxylic acids is 2. The highest BCUT2D eigenvalue weighted by Crippen LogP contribution is 2.16. The summed E-state index contributed by atoms with van der Waals surface area (Å²) in [6, 6.07) is 5.01. The Morgan fingerprint density at radius 3 is 2.62 bits per heavy atom. The molecule has 0 spiro atoms. The van der Waals surface area contributed by atoms with Gasteiger partial charge in [-0.2, -0.15) is 4.31 Å². The van der Waals surface area contributed by atoms with Crippen molar-refractivity contribution in [1.29, 1.82) is 0 Å². The zero-order chi connectivity index (χ0) is 20.9. The first-order valence-electron chi connectivity index (χ1n) is 10.00. The number of rotatable bonds is 8. The molecule has 0 aromatic heterocycles. The molecule has 0 radical (unpaired) electrons. The molecule has 2 N–H and O–H groups in total. The minimum atomic E-state index is -3.72. The minimum absolute atomic E-state index is 0.0461. The Morgan fingerprint density at radius 2 is 1.97 bits per heavy atom. The molecular formula is C19H28FN4O4S+. The van der Waals surface area contributed by atoms with Gasteiger partial charge in [0.05, 0.1) is 31.1 Å². The molecule has 0 atom stereocenters. The van der Waals surface area contributed by atoms with Gasteiger partial charge in [0.25, 0.3) is 5.91 Å². The Hall–Kier alpha value is -2.04. The van der Waals surface area contributed by atoms with Crippen LogP contribution in [0.25, 0.3) is 0 Å². The average molecular weight is 428 g/mol. The summed E-state index contributed by atoms with van der Waals surface area (Å²) in [4.78, 5) is 26.5.